The van der Waals surface area contributed by atoms with E-state index in [4.69, 9.17) is 5.11 Å². The van der Waals surface area contributed by atoms with E-state index in [1.54, 1.807) is 30.6 Å². The van der Waals surface area contributed by atoms with Crippen LogP contribution in [0.15, 0.2) is 59.8 Å². The van der Waals surface area contributed by atoms with Gasteiger partial charge in [0.25, 0.3) is 10.0 Å². The molecule has 9 heteroatoms. The first-order chi connectivity index (χ1) is 11.8. The van der Waals surface area contributed by atoms with Crippen LogP contribution < -0.4 is 4.72 Å². The first-order valence-electron chi connectivity index (χ1n) is 7.01. The summed E-state index contributed by atoms with van der Waals surface area (Å²) < 4.78 is 40.7. The highest BCUT2D eigenvalue weighted by atomic mass is 32.2. The van der Waals surface area contributed by atoms with Gasteiger partial charge in [-0.15, -0.1) is 0 Å². The molecule has 3 aromatic rings. The van der Waals surface area contributed by atoms with E-state index >= 15 is 0 Å². The lowest BCUT2D eigenvalue weighted by Gasteiger charge is -2.10. The third-order valence-corrected chi connectivity index (χ3v) is 4.74. The Morgan fingerprint density at radius 2 is 1.96 bits per heavy atom. The second-order valence-electron chi connectivity index (χ2n) is 5.15. The van der Waals surface area contributed by atoms with Crippen LogP contribution in [0.25, 0.3) is 11.1 Å². The SMILES string of the molecule is O=C(O)c1cc(F)cc(S(=O)(=O)Nc2cccc(-c3cn[nH]c3)c2)c1. The molecule has 0 aliphatic rings. The summed E-state index contributed by atoms with van der Waals surface area (Å²) in [4.78, 5) is 10.5. The molecule has 1 aromatic heterocycles. The Morgan fingerprint density at radius 1 is 1.16 bits per heavy atom. The van der Waals surface area contributed by atoms with Gasteiger partial charge < -0.3 is 5.11 Å². The highest BCUT2D eigenvalue weighted by molar-refractivity contribution is 7.92. The van der Waals surface area contributed by atoms with Crippen LogP contribution in [0.1, 0.15) is 10.4 Å². The van der Waals surface area contributed by atoms with Crippen LogP contribution in [0.5, 0.6) is 0 Å². The summed E-state index contributed by atoms with van der Waals surface area (Å²) in [7, 11) is -4.15. The minimum Gasteiger partial charge on any atom is -0.478 e. The van der Waals surface area contributed by atoms with Crippen molar-refractivity contribution in [3.63, 3.8) is 0 Å². The maximum absolute atomic E-state index is 13.5. The van der Waals surface area contributed by atoms with Crippen molar-refractivity contribution in [1.29, 1.82) is 0 Å². The van der Waals surface area contributed by atoms with Gasteiger partial charge in [0.2, 0.25) is 0 Å². The Kier molecular flexibility index (Phi) is 4.24. The van der Waals surface area contributed by atoms with Crippen LogP contribution in [-0.2, 0) is 10.0 Å². The van der Waals surface area contributed by atoms with Gasteiger partial charge in [0.05, 0.1) is 16.7 Å². The molecule has 0 saturated carbocycles. The number of aromatic carboxylic acids is 1. The molecule has 7 nitrogen and oxygen atoms in total. The van der Waals surface area contributed by atoms with E-state index < -0.39 is 32.3 Å². The second-order valence-corrected chi connectivity index (χ2v) is 6.84. The van der Waals surface area contributed by atoms with Crippen molar-refractivity contribution in [2.75, 3.05) is 4.72 Å². The van der Waals surface area contributed by atoms with E-state index in [0.29, 0.717) is 0 Å². The lowest BCUT2D eigenvalue weighted by atomic mass is 10.1. The smallest absolute Gasteiger partial charge is 0.335 e. The Balaban J connectivity index is 1.95. The number of carboxylic acid groups (broad SMARTS) is 1. The molecule has 0 saturated heterocycles. The van der Waals surface area contributed by atoms with E-state index in [1.165, 1.54) is 6.07 Å². The number of sulfonamides is 1. The van der Waals surface area contributed by atoms with Crippen molar-refractivity contribution >= 4 is 21.7 Å². The van der Waals surface area contributed by atoms with Crippen LogP contribution in [0.3, 0.4) is 0 Å². The van der Waals surface area contributed by atoms with Crippen molar-refractivity contribution < 1.29 is 22.7 Å². The molecule has 2 aromatic carbocycles. The number of carboxylic acids is 1. The zero-order valence-electron chi connectivity index (χ0n) is 12.6. The summed E-state index contributed by atoms with van der Waals surface area (Å²) in [5.41, 5.74) is 1.28. The number of anilines is 1. The highest BCUT2D eigenvalue weighted by Gasteiger charge is 2.18. The number of aromatic nitrogens is 2. The van der Waals surface area contributed by atoms with Crippen molar-refractivity contribution in [2.24, 2.45) is 0 Å². The summed E-state index contributed by atoms with van der Waals surface area (Å²) in [5.74, 6) is -2.37. The fourth-order valence-corrected chi connectivity index (χ4v) is 3.33. The maximum atomic E-state index is 13.5. The molecule has 0 bridgehead atoms. The molecule has 0 fully saturated rings. The van der Waals surface area contributed by atoms with Crippen LogP contribution in [-0.4, -0.2) is 29.7 Å². The summed E-state index contributed by atoms with van der Waals surface area (Å²) >= 11 is 0. The molecule has 0 aliphatic heterocycles. The maximum Gasteiger partial charge on any atom is 0.335 e. The Bertz CT molecular complexity index is 1030. The Labute approximate surface area is 142 Å². The predicted octanol–water partition coefficient (Wildman–Crippen LogP) is 2.71. The molecule has 3 N–H and O–H groups in total. The first-order valence-corrected chi connectivity index (χ1v) is 8.49. The van der Waals surface area contributed by atoms with Gasteiger partial charge in [0.1, 0.15) is 5.82 Å². The summed E-state index contributed by atoms with van der Waals surface area (Å²) in [5, 5.41) is 15.4. The molecule has 25 heavy (non-hydrogen) atoms. The second kappa shape index (κ2) is 6.36. The van der Waals surface area contributed by atoms with E-state index in [1.807, 2.05) is 0 Å². The highest BCUT2D eigenvalue weighted by Crippen LogP contribution is 2.24. The van der Waals surface area contributed by atoms with Crippen molar-refractivity contribution in [1.82, 2.24) is 10.2 Å². The number of halogens is 1. The molecule has 0 amide bonds. The fraction of sp³-hybridized carbons (Fsp3) is 0. The van der Waals surface area contributed by atoms with E-state index in [2.05, 4.69) is 14.9 Å². The summed E-state index contributed by atoms with van der Waals surface area (Å²) in [6.07, 6.45) is 3.23. The van der Waals surface area contributed by atoms with Crippen molar-refractivity contribution in [3.8, 4) is 11.1 Å². The minimum atomic E-state index is -4.15. The molecular formula is C16H12FN3O4S. The van der Waals surface area contributed by atoms with E-state index in [9.17, 15) is 17.6 Å². The monoisotopic (exact) mass is 361 g/mol. The summed E-state index contributed by atoms with van der Waals surface area (Å²) in [6.45, 7) is 0. The normalized spacial score (nSPS) is 11.2. The minimum absolute atomic E-state index is 0.250. The standard InChI is InChI=1S/C16H12FN3O4S/c17-13-4-11(16(21)22)6-15(7-13)25(23,24)20-14-3-1-2-10(5-14)12-8-18-19-9-12/h1-9,20H,(H,18,19)(H,21,22). The topological polar surface area (TPSA) is 112 Å². The fourth-order valence-electron chi connectivity index (χ4n) is 2.23. The zero-order valence-corrected chi connectivity index (χ0v) is 13.4. The number of nitrogens with zero attached hydrogens (tertiary/aromatic N) is 1. The average Bonchev–Trinajstić information content (AvgIpc) is 3.08. The van der Waals surface area contributed by atoms with E-state index in [-0.39, 0.29) is 5.69 Å². The Hall–Kier alpha value is -3.20. The van der Waals surface area contributed by atoms with Gasteiger partial charge >= 0.3 is 5.97 Å². The number of nitrogens with one attached hydrogen (secondary N) is 2. The molecule has 128 valence electrons. The number of hydrogen-bond donors (Lipinski definition) is 3. The van der Waals surface area contributed by atoms with Gasteiger partial charge in [-0.3, -0.25) is 9.82 Å². The Morgan fingerprint density at radius 3 is 2.64 bits per heavy atom. The third-order valence-electron chi connectivity index (χ3n) is 3.37. The van der Waals surface area contributed by atoms with Crippen molar-refractivity contribution in [2.45, 2.75) is 4.90 Å². The lowest BCUT2D eigenvalue weighted by molar-refractivity contribution is 0.0696. The van der Waals surface area contributed by atoms with Crippen LogP contribution >= 0.6 is 0 Å². The van der Waals surface area contributed by atoms with Crippen molar-refractivity contribution in [3.05, 3.63) is 66.2 Å². The molecule has 0 unspecified atom stereocenters. The van der Waals surface area contributed by atoms with Gasteiger partial charge in [0, 0.05) is 17.4 Å². The largest absolute Gasteiger partial charge is 0.478 e. The predicted molar refractivity (Wildman–Crippen MR) is 88.2 cm³/mol. The van der Waals surface area contributed by atoms with Crippen LogP contribution in [0.4, 0.5) is 10.1 Å². The van der Waals surface area contributed by atoms with Crippen LogP contribution in [0.2, 0.25) is 0 Å². The first kappa shape index (κ1) is 16.7. The number of benzene rings is 2. The lowest BCUT2D eigenvalue weighted by Crippen LogP contribution is -2.14. The van der Waals surface area contributed by atoms with Gasteiger partial charge in [-0.2, -0.15) is 5.10 Å². The van der Waals surface area contributed by atoms with Crippen LogP contribution in [0, 0.1) is 5.82 Å². The molecule has 0 radical (unpaired) electrons. The quantitative estimate of drug-likeness (QED) is 0.647. The van der Waals surface area contributed by atoms with Gasteiger partial charge in [0.15, 0.2) is 0 Å². The number of H-pyrrole nitrogens is 1. The molecular weight excluding hydrogens is 349 g/mol. The molecule has 0 aliphatic carbocycles. The number of hydrogen-bond acceptors (Lipinski definition) is 4. The number of carbonyl (C=O) groups is 1. The van der Waals surface area contributed by atoms with E-state index in [0.717, 1.165) is 29.3 Å². The molecule has 3 rings (SSSR count). The molecule has 1 heterocycles. The number of aromatic amines is 1. The average molecular weight is 361 g/mol. The van der Waals surface area contributed by atoms with Gasteiger partial charge in [-0.05, 0) is 35.9 Å². The summed E-state index contributed by atoms with van der Waals surface area (Å²) in [6, 6.07) is 8.93. The van der Waals surface area contributed by atoms with Gasteiger partial charge in [-0.25, -0.2) is 17.6 Å². The van der Waals surface area contributed by atoms with Gasteiger partial charge in [-0.1, -0.05) is 12.1 Å². The third kappa shape index (κ3) is 3.66. The number of rotatable bonds is 5. The molecule has 0 atom stereocenters. The molecule has 0 spiro atoms. The zero-order chi connectivity index (χ0) is 18.0.